The molecule has 1 heterocycles. The summed E-state index contributed by atoms with van der Waals surface area (Å²) >= 11 is 0. The Hall–Kier alpha value is -2.74. The van der Waals surface area contributed by atoms with Gasteiger partial charge in [-0.25, -0.2) is 17.5 Å². The zero-order valence-corrected chi connectivity index (χ0v) is 29.2. The molecule has 4 rings (SSSR count). The highest BCUT2D eigenvalue weighted by atomic mass is 32.2. The molecule has 5 atom stereocenters. The lowest BCUT2D eigenvalue weighted by Gasteiger charge is -2.39. The molecule has 0 bridgehead atoms. The van der Waals surface area contributed by atoms with Gasteiger partial charge in [0.25, 0.3) is 5.91 Å². The van der Waals surface area contributed by atoms with Crippen LogP contribution in [0.4, 0.5) is 4.79 Å². The SMILES string of the molecule is CN(C[C@@H](NC(=O)N[C@H](C(=O)N1C[C@H]2[C@@H]([C@H]1C(=O)NC1(C(=O)C(=O)NC3CC3)CC1)C2(C)C)C(C)(C)C)C(C)(C)C)S(C)(=O)=O. The predicted molar refractivity (Wildman–Crippen MR) is 168 cm³/mol. The number of piperidine rings is 1. The quantitative estimate of drug-likeness (QED) is 0.241. The Morgan fingerprint density at radius 3 is 2.00 bits per heavy atom. The van der Waals surface area contributed by atoms with Gasteiger partial charge >= 0.3 is 6.03 Å². The number of Topliss-reactive ketones (excluding diaryl/α,β-unsaturated/α-hetero) is 1. The van der Waals surface area contributed by atoms with E-state index in [0.717, 1.165) is 19.1 Å². The van der Waals surface area contributed by atoms with E-state index in [1.807, 2.05) is 41.5 Å². The summed E-state index contributed by atoms with van der Waals surface area (Å²) in [6.45, 7) is 15.6. The van der Waals surface area contributed by atoms with Crippen molar-refractivity contribution < 1.29 is 32.4 Å². The lowest BCUT2D eigenvalue weighted by atomic mass is 9.85. The van der Waals surface area contributed by atoms with Gasteiger partial charge in [-0.15, -0.1) is 0 Å². The van der Waals surface area contributed by atoms with E-state index in [1.165, 1.54) is 16.3 Å². The lowest BCUT2D eigenvalue weighted by molar-refractivity contribution is -0.145. The molecule has 5 amide bonds. The first-order chi connectivity index (χ1) is 20.4. The molecule has 0 aromatic heterocycles. The smallest absolute Gasteiger partial charge is 0.315 e. The van der Waals surface area contributed by atoms with Gasteiger partial charge in [0.1, 0.15) is 17.6 Å². The first-order valence-corrected chi connectivity index (χ1v) is 17.7. The van der Waals surface area contributed by atoms with Crippen molar-refractivity contribution in [2.24, 2.45) is 28.1 Å². The van der Waals surface area contributed by atoms with Gasteiger partial charge in [-0.05, 0) is 53.8 Å². The van der Waals surface area contributed by atoms with Gasteiger partial charge in [0.05, 0.1) is 6.26 Å². The first-order valence-electron chi connectivity index (χ1n) is 15.9. The van der Waals surface area contributed by atoms with Gasteiger partial charge in [0.2, 0.25) is 27.6 Å². The van der Waals surface area contributed by atoms with Crippen LogP contribution in [0.5, 0.6) is 0 Å². The van der Waals surface area contributed by atoms with Gasteiger partial charge in [0.15, 0.2) is 0 Å². The molecule has 0 unspecified atom stereocenters. The van der Waals surface area contributed by atoms with Crippen molar-refractivity contribution >= 4 is 39.6 Å². The van der Waals surface area contributed by atoms with Crippen LogP contribution in [0.1, 0.15) is 81.1 Å². The van der Waals surface area contributed by atoms with Crippen LogP contribution in [-0.4, -0.2) is 103 Å². The highest BCUT2D eigenvalue weighted by Crippen LogP contribution is 2.65. The van der Waals surface area contributed by atoms with Crippen molar-refractivity contribution in [1.29, 1.82) is 0 Å². The Morgan fingerprint density at radius 1 is 0.956 bits per heavy atom. The molecule has 3 saturated carbocycles. The molecule has 0 aromatic rings. The van der Waals surface area contributed by atoms with Crippen LogP contribution in [0.2, 0.25) is 0 Å². The number of likely N-dealkylation sites (N-methyl/N-ethyl adjacent to an activating group) is 1. The predicted octanol–water partition coefficient (Wildman–Crippen LogP) is 0.986. The maximum absolute atomic E-state index is 14.2. The molecule has 0 radical (unpaired) electrons. The van der Waals surface area contributed by atoms with Crippen molar-refractivity contribution in [1.82, 2.24) is 30.5 Å². The van der Waals surface area contributed by atoms with Crippen molar-refractivity contribution in [2.75, 3.05) is 26.4 Å². The minimum Gasteiger partial charge on any atom is -0.347 e. The third kappa shape index (κ3) is 7.47. The van der Waals surface area contributed by atoms with E-state index in [1.54, 1.807) is 0 Å². The van der Waals surface area contributed by atoms with E-state index in [2.05, 4.69) is 35.1 Å². The zero-order chi connectivity index (χ0) is 34.1. The lowest BCUT2D eigenvalue weighted by Crippen LogP contribution is -2.63. The molecule has 1 aliphatic heterocycles. The number of carbonyl (C=O) groups excluding carboxylic acids is 5. The molecular weight excluding hydrogens is 600 g/mol. The summed E-state index contributed by atoms with van der Waals surface area (Å²) in [6, 6.07) is -3.05. The molecule has 13 nitrogen and oxygen atoms in total. The van der Waals surface area contributed by atoms with Crippen LogP contribution in [0, 0.1) is 28.1 Å². The minimum atomic E-state index is -3.49. The number of ketones is 1. The third-order valence-electron chi connectivity index (χ3n) is 10.2. The monoisotopic (exact) mass is 652 g/mol. The number of urea groups is 1. The fourth-order valence-corrected chi connectivity index (χ4v) is 6.85. The van der Waals surface area contributed by atoms with Crippen molar-refractivity contribution in [3.8, 4) is 0 Å². The standard InChI is InChI=1S/C31H52N6O7S/c1-28(2,3)19(16-36(9)45(10,43)44)33-27(42)34-22(29(4,5)6)26(41)37-15-18-20(30(18,7)8)21(37)24(39)35-31(13-14-31)23(38)25(40)32-17-11-12-17/h17-22H,11-16H2,1-10H3,(H,32,40)(H,35,39)(H2,33,34,42)/t18-,19+,20-,21-,22+/m0/s1. The van der Waals surface area contributed by atoms with Crippen LogP contribution in [0.15, 0.2) is 0 Å². The first kappa shape index (κ1) is 35.1. The largest absolute Gasteiger partial charge is 0.347 e. The highest BCUT2D eigenvalue weighted by Gasteiger charge is 2.70. The van der Waals surface area contributed by atoms with E-state index in [4.69, 9.17) is 0 Å². The van der Waals surface area contributed by atoms with Crippen LogP contribution in [0.3, 0.4) is 0 Å². The number of nitrogens with zero attached hydrogens (tertiary/aromatic N) is 2. The molecule has 0 spiro atoms. The Labute approximate surface area is 267 Å². The summed E-state index contributed by atoms with van der Waals surface area (Å²) in [5, 5.41) is 11.3. The molecular formula is C31H52N6O7S. The van der Waals surface area contributed by atoms with E-state index < -0.39 is 74.1 Å². The van der Waals surface area contributed by atoms with Gasteiger partial charge < -0.3 is 26.2 Å². The summed E-state index contributed by atoms with van der Waals surface area (Å²) in [7, 11) is -2.05. The Morgan fingerprint density at radius 2 is 1.53 bits per heavy atom. The molecule has 0 aromatic carbocycles. The van der Waals surface area contributed by atoms with E-state index in [0.29, 0.717) is 19.4 Å². The number of hydrogen-bond donors (Lipinski definition) is 4. The zero-order valence-electron chi connectivity index (χ0n) is 28.4. The summed E-state index contributed by atoms with van der Waals surface area (Å²) in [5.41, 5.74) is -2.68. The van der Waals surface area contributed by atoms with E-state index in [9.17, 15) is 32.4 Å². The Bertz CT molecular complexity index is 1360. The van der Waals surface area contributed by atoms with Crippen molar-refractivity contribution in [3.63, 3.8) is 0 Å². The van der Waals surface area contributed by atoms with Gasteiger partial charge in [-0.3, -0.25) is 19.2 Å². The number of nitrogens with one attached hydrogen (secondary N) is 4. The van der Waals surface area contributed by atoms with Crippen molar-refractivity contribution in [2.45, 2.75) is 111 Å². The van der Waals surface area contributed by atoms with Crippen LogP contribution in [-0.2, 0) is 29.2 Å². The Kier molecular flexibility index (Phi) is 8.97. The number of carbonyl (C=O) groups is 5. The second kappa shape index (κ2) is 11.5. The summed E-state index contributed by atoms with van der Waals surface area (Å²) in [6.07, 6.45) is 3.50. The topological polar surface area (TPSA) is 174 Å². The molecule has 4 fully saturated rings. The normalized spacial score (nSPS) is 26.3. The number of fused-ring (bicyclic) bond motifs is 1. The minimum absolute atomic E-state index is 0.0159. The van der Waals surface area contributed by atoms with Gasteiger partial charge in [-0.1, -0.05) is 55.4 Å². The van der Waals surface area contributed by atoms with Gasteiger partial charge in [-0.2, -0.15) is 0 Å². The maximum atomic E-state index is 14.2. The average molecular weight is 653 g/mol. The molecule has 14 heteroatoms. The molecule has 45 heavy (non-hydrogen) atoms. The van der Waals surface area contributed by atoms with Crippen molar-refractivity contribution in [3.05, 3.63) is 0 Å². The van der Waals surface area contributed by atoms with Gasteiger partial charge in [0, 0.05) is 32.2 Å². The molecule has 254 valence electrons. The number of hydrogen-bond acceptors (Lipinski definition) is 7. The molecule has 1 saturated heterocycles. The third-order valence-corrected chi connectivity index (χ3v) is 11.5. The Balaban J connectivity index is 1.51. The highest BCUT2D eigenvalue weighted by molar-refractivity contribution is 7.88. The van der Waals surface area contributed by atoms with E-state index >= 15 is 0 Å². The number of amides is 5. The number of sulfonamides is 1. The number of rotatable bonds is 11. The summed E-state index contributed by atoms with van der Waals surface area (Å²) < 4.78 is 25.3. The summed E-state index contributed by atoms with van der Waals surface area (Å²) in [5.74, 6) is -2.25. The second-order valence-electron chi connectivity index (χ2n) is 16.4. The number of likely N-dealkylation sites (tertiary alicyclic amines) is 1. The van der Waals surface area contributed by atoms with Crippen LogP contribution in [0.25, 0.3) is 0 Å². The summed E-state index contributed by atoms with van der Waals surface area (Å²) in [4.78, 5) is 68.6. The maximum Gasteiger partial charge on any atom is 0.315 e. The van der Waals surface area contributed by atoms with E-state index in [-0.39, 0.29) is 29.8 Å². The van der Waals surface area contributed by atoms with Crippen LogP contribution >= 0.6 is 0 Å². The molecule has 3 aliphatic carbocycles. The molecule has 4 N–H and O–H groups in total. The second-order valence-corrected chi connectivity index (χ2v) is 18.5. The average Bonchev–Trinajstić information content (AvgIpc) is 3.84. The fourth-order valence-electron chi connectivity index (χ4n) is 6.43. The fraction of sp³-hybridized carbons (Fsp3) is 0.839. The molecule has 4 aliphatic rings. The van der Waals surface area contributed by atoms with Crippen LogP contribution < -0.4 is 21.3 Å².